The van der Waals surface area contributed by atoms with Gasteiger partial charge >= 0.3 is 5.97 Å². The van der Waals surface area contributed by atoms with Crippen molar-refractivity contribution in [2.75, 3.05) is 5.32 Å². The molecule has 8 heteroatoms. The number of carbonyl (C=O) groups is 2. The predicted molar refractivity (Wildman–Crippen MR) is 125 cm³/mol. The van der Waals surface area contributed by atoms with E-state index < -0.39 is 17.8 Å². The summed E-state index contributed by atoms with van der Waals surface area (Å²) in [6.45, 7) is 0. The van der Waals surface area contributed by atoms with E-state index in [-0.39, 0.29) is 5.91 Å². The summed E-state index contributed by atoms with van der Waals surface area (Å²) < 4.78 is 3.05. The number of nitrogens with one attached hydrogen (secondary N) is 1. The monoisotopic (exact) mass is 504 g/mol. The minimum absolute atomic E-state index is 0.198. The second-order valence-electron chi connectivity index (χ2n) is 7.40. The first-order valence-electron chi connectivity index (χ1n) is 9.81. The van der Waals surface area contributed by atoms with Gasteiger partial charge in [-0.2, -0.15) is 0 Å². The number of hydrogen-bond donors (Lipinski definition) is 2. The summed E-state index contributed by atoms with van der Waals surface area (Å²) >= 11 is 6.74. The summed E-state index contributed by atoms with van der Waals surface area (Å²) in [5.74, 6) is -1.29. The van der Waals surface area contributed by atoms with Crippen LogP contribution in [0.25, 0.3) is 10.2 Å². The quantitative estimate of drug-likeness (QED) is 0.391. The number of fused-ring (bicyclic) bond motifs is 1. The zero-order valence-electron chi connectivity index (χ0n) is 16.1. The summed E-state index contributed by atoms with van der Waals surface area (Å²) in [6.07, 6.45) is 2.96. The van der Waals surface area contributed by atoms with Gasteiger partial charge in [-0.15, -0.1) is 11.3 Å². The lowest BCUT2D eigenvalue weighted by Crippen LogP contribution is -2.36. The fourth-order valence-electron chi connectivity index (χ4n) is 3.74. The third-order valence-corrected chi connectivity index (χ3v) is 8.09. The van der Waals surface area contributed by atoms with Gasteiger partial charge in [0.1, 0.15) is 0 Å². The predicted octanol–water partition coefficient (Wildman–Crippen LogP) is 6.18. The Labute approximate surface area is 191 Å². The number of carbonyl (C=O) groups excluding carboxylic acids is 1. The van der Waals surface area contributed by atoms with Gasteiger partial charge in [0, 0.05) is 15.9 Å². The topological polar surface area (TPSA) is 79.3 Å². The van der Waals surface area contributed by atoms with Gasteiger partial charge in [-0.05, 0) is 48.7 Å². The number of carboxylic acids is 1. The maximum Gasteiger partial charge on any atom is 0.307 e. The molecule has 1 aliphatic carbocycles. The Bertz CT molecular complexity index is 1070. The Morgan fingerprint density at radius 3 is 2.60 bits per heavy atom. The van der Waals surface area contributed by atoms with Crippen LogP contribution in [-0.2, 0) is 15.3 Å². The normalized spacial score (nSPS) is 19.0. The van der Waals surface area contributed by atoms with Crippen molar-refractivity contribution in [3.8, 4) is 0 Å². The highest BCUT2D eigenvalue weighted by Crippen LogP contribution is 2.34. The van der Waals surface area contributed by atoms with E-state index >= 15 is 0 Å². The molecule has 1 aliphatic rings. The van der Waals surface area contributed by atoms with Crippen molar-refractivity contribution in [1.29, 1.82) is 0 Å². The van der Waals surface area contributed by atoms with Crippen LogP contribution in [0.5, 0.6) is 0 Å². The van der Waals surface area contributed by atoms with Crippen LogP contribution in [-0.4, -0.2) is 22.0 Å². The zero-order chi connectivity index (χ0) is 21.1. The van der Waals surface area contributed by atoms with Gasteiger partial charge in [-0.3, -0.25) is 9.59 Å². The highest BCUT2D eigenvalue weighted by atomic mass is 79.9. The first-order valence-corrected chi connectivity index (χ1v) is 12.4. The molecule has 1 heterocycles. The van der Waals surface area contributed by atoms with Gasteiger partial charge in [0.2, 0.25) is 5.91 Å². The number of benzene rings is 2. The number of aliphatic carboxylic acids is 1. The van der Waals surface area contributed by atoms with E-state index in [0.29, 0.717) is 18.5 Å². The number of rotatable bonds is 6. The summed E-state index contributed by atoms with van der Waals surface area (Å²) in [5.41, 5.74) is 2.82. The molecule has 2 atom stereocenters. The maximum atomic E-state index is 12.7. The molecule has 0 radical (unpaired) electrons. The zero-order valence-corrected chi connectivity index (χ0v) is 19.4. The van der Waals surface area contributed by atoms with Crippen LogP contribution in [0.3, 0.4) is 0 Å². The van der Waals surface area contributed by atoms with E-state index in [0.717, 1.165) is 37.6 Å². The molecule has 1 saturated carbocycles. The largest absolute Gasteiger partial charge is 0.481 e. The average Bonchev–Trinajstić information content (AvgIpc) is 3.15. The molecule has 1 amide bonds. The fraction of sp³-hybridized carbons (Fsp3) is 0.318. The molecule has 1 aromatic heterocycles. The lowest BCUT2D eigenvalue weighted by atomic mass is 9.78. The van der Waals surface area contributed by atoms with Gasteiger partial charge in [0.25, 0.3) is 0 Å². The van der Waals surface area contributed by atoms with Crippen LogP contribution in [0.4, 0.5) is 5.69 Å². The number of nitrogens with zero attached hydrogens (tertiary/aromatic N) is 1. The second-order valence-corrected chi connectivity index (χ2v) is 10.6. The Hall–Kier alpha value is -1.90. The summed E-state index contributed by atoms with van der Waals surface area (Å²) in [5, 5.41) is 12.3. The van der Waals surface area contributed by atoms with Crippen molar-refractivity contribution in [3.63, 3.8) is 0 Å². The second kappa shape index (κ2) is 9.49. The minimum atomic E-state index is -0.875. The lowest BCUT2D eigenvalue weighted by Gasteiger charge is -2.27. The third-order valence-electron chi connectivity index (χ3n) is 5.33. The van der Waals surface area contributed by atoms with E-state index in [4.69, 9.17) is 0 Å². The van der Waals surface area contributed by atoms with Crippen LogP contribution < -0.4 is 5.32 Å². The molecule has 3 aromatic rings. The Balaban J connectivity index is 1.43. The van der Waals surface area contributed by atoms with Crippen LogP contribution in [0.2, 0.25) is 0 Å². The molecule has 2 N–H and O–H groups in total. The number of carboxylic acid groups (broad SMARTS) is 1. The number of anilines is 1. The van der Waals surface area contributed by atoms with E-state index in [9.17, 15) is 14.7 Å². The van der Waals surface area contributed by atoms with Crippen molar-refractivity contribution in [2.24, 2.45) is 11.8 Å². The van der Waals surface area contributed by atoms with Gasteiger partial charge in [0.15, 0.2) is 4.34 Å². The average molecular weight is 505 g/mol. The first kappa shape index (κ1) is 21.3. The molecule has 4 rings (SSSR count). The first-order chi connectivity index (χ1) is 14.5. The molecule has 0 spiro atoms. The van der Waals surface area contributed by atoms with E-state index in [1.165, 1.54) is 5.56 Å². The van der Waals surface area contributed by atoms with Crippen LogP contribution in [0, 0.1) is 11.8 Å². The standard InChI is InChI=1S/C22H21BrN2O3S2/c23-14-7-5-13(6-8-14)12-29-22-25-18-10-9-15(11-19(18)30-22)24-20(26)16-3-1-2-4-17(16)21(27)28/h5-11,16-17H,1-4,12H2,(H,24,26)(H,27,28)/t16-,17-/m0/s1. The smallest absolute Gasteiger partial charge is 0.307 e. The summed E-state index contributed by atoms with van der Waals surface area (Å²) in [7, 11) is 0. The minimum Gasteiger partial charge on any atom is -0.481 e. The van der Waals surface area contributed by atoms with Crippen molar-refractivity contribution < 1.29 is 14.7 Å². The number of halogens is 1. The molecular weight excluding hydrogens is 484 g/mol. The summed E-state index contributed by atoms with van der Waals surface area (Å²) in [6, 6.07) is 13.9. The molecule has 156 valence electrons. The van der Waals surface area contributed by atoms with Gasteiger partial charge in [-0.25, -0.2) is 4.98 Å². The Morgan fingerprint density at radius 2 is 1.87 bits per heavy atom. The number of hydrogen-bond acceptors (Lipinski definition) is 5. The van der Waals surface area contributed by atoms with Gasteiger partial charge in [0.05, 0.1) is 22.1 Å². The SMILES string of the molecule is O=C(O)[C@H]1CCCC[C@@H]1C(=O)Nc1ccc2nc(SCc3ccc(Br)cc3)sc2c1. The Morgan fingerprint density at radius 1 is 1.13 bits per heavy atom. The molecule has 1 fully saturated rings. The van der Waals surface area contributed by atoms with Crippen molar-refractivity contribution in [1.82, 2.24) is 4.98 Å². The van der Waals surface area contributed by atoms with Crippen molar-refractivity contribution in [3.05, 3.63) is 52.5 Å². The van der Waals surface area contributed by atoms with Crippen LogP contribution >= 0.6 is 39.0 Å². The van der Waals surface area contributed by atoms with E-state index in [1.807, 2.05) is 30.3 Å². The van der Waals surface area contributed by atoms with Gasteiger partial charge in [-0.1, -0.05) is 52.7 Å². The highest BCUT2D eigenvalue weighted by molar-refractivity contribution is 9.10. The Kier molecular flexibility index (Phi) is 6.75. The van der Waals surface area contributed by atoms with Crippen molar-refractivity contribution in [2.45, 2.75) is 35.8 Å². The fourth-order valence-corrected chi connectivity index (χ4v) is 6.07. The van der Waals surface area contributed by atoms with Crippen LogP contribution in [0.1, 0.15) is 31.2 Å². The number of thioether (sulfide) groups is 1. The molecule has 0 unspecified atom stereocenters. The summed E-state index contributed by atoms with van der Waals surface area (Å²) in [4.78, 5) is 28.9. The van der Waals surface area contributed by atoms with Crippen LogP contribution in [0.15, 0.2) is 51.3 Å². The van der Waals surface area contributed by atoms with Gasteiger partial charge < -0.3 is 10.4 Å². The van der Waals surface area contributed by atoms with E-state index in [1.54, 1.807) is 23.1 Å². The van der Waals surface area contributed by atoms with E-state index in [2.05, 4.69) is 38.4 Å². The highest BCUT2D eigenvalue weighted by Gasteiger charge is 2.35. The lowest BCUT2D eigenvalue weighted by molar-refractivity contribution is -0.147. The molecule has 0 bridgehead atoms. The number of amides is 1. The number of thiazole rings is 1. The molecule has 0 saturated heterocycles. The molecule has 2 aromatic carbocycles. The molecule has 5 nitrogen and oxygen atoms in total. The third kappa shape index (κ3) is 5.04. The number of aromatic nitrogens is 1. The molecule has 30 heavy (non-hydrogen) atoms. The van der Waals surface area contributed by atoms with Crippen molar-refractivity contribution >= 4 is 66.8 Å². The molecule has 0 aliphatic heterocycles. The maximum absolute atomic E-state index is 12.7. The molecular formula is C22H21BrN2O3S2.